The average Bonchev–Trinajstić information content (AvgIpc) is 2.81. The van der Waals surface area contributed by atoms with Gasteiger partial charge in [0.2, 0.25) is 0 Å². The minimum atomic E-state index is -1.75. The Morgan fingerprint density at radius 2 is 2.32 bits per heavy atom. The van der Waals surface area contributed by atoms with Crippen molar-refractivity contribution < 1.29 is 18.8 Å². The van der Waals surface area contributed by atoms with Crippen LogP contribution in [0.3, 0.4) is 0 Å². The molecular formula is C12H13FN2O3S. The van der Waals surface area contributed by atoms with Crippen LogP contribution in [-0.2, 0) is 11.0 Å². The second kappa shape index (κ2) is 5.35. The van der Waals surface area contributed by atoms with Crippen molar-refractivity contribution in [3.8, 4) is 6.07 Å². The van der Waals surface area contributed by atoms with Gasteiger partial charge in [0.15, 0.2) is 0 Å². The van der Waals surface area contributed by atoms with Crippen molar-refractivity contribution in [1.29, 1.82) is 5.26 Å². The van der Waals surface area contributed by atoms with Gasteiger partial charge in [0.25, 0.3) is 0 Å². The Kier molecular flexibility index (Phi) is 3.96. The van der Waals surface area contributed by atoms with E-state index in [9.17, 15) is 13.7 Å². The lowest BCUT2D eigenvalue weighted by Gasteiger charge is -2.20. The first kappa shape index (κ1) is 14.1. The molecule has 0 aromatic heterocycles. The third-order valence-corrected chi connectivity index (χ3v) is 4.56. The van der Waals surface area contributed by atoms with Crippen molar-refractivity contribution in [3.05, 3.63) is 29.6 Å². The second-order valence-electron chi connectivity index (χ2n) is 4.50. The summed E-state index contributed by atoms with van der Waals surface area (Å²) in [7, 11) is -1.75. The summed E-state index contributed by atoms with van der Waals surface area (Å²) in [6, 6.07) is 5.53. The van der Waals surface area contributed by atoms with Crippen LogP contribution < -0.4 is 0 Å². The number of aliphatic hydroxyl groups excluding tert-OH is 1. The molecule has 0 amide bonds. The first-order valence-corrected chi connectivity index (χ1v) is 6.79. The molecule has 2 rings (SSSR count). The number of rotatable bonds is 3. The van der Waals surface area contributed by atoms with E-state index >= 15 is 0 Å². The van der Waals surface area contributed by atoms with Crippen LogP contribution in [0.4, 0.5) is 4.39 Å². The molecule has 2 atom stereocenters. The number of hydrogen-bond donors (Lipinski definition) is 2. The van der Waals surface area contributed by atoms with Gasteiger partial charge in [-0.2, -0.15) is 5.26 Å². The zero-order chi connectivity index (χ0) is 14.0. The van der Waals surface area contributed by atoms with Crippen LogP contribution in [0, 0.1) is 17.1 Å². The Balaban J connectivity index is 2.20. The Morgan fingerprint density at radius 3 is 2.84 bits per heavy atom. The normalized spacial score (nSPS) is 25.2. The molecule has 1 aromatic rings. The predicted octanol–water partition coefficient (Wildman–Crippen LogP) is 0.149. The summed E-state index contributed by atoms with van der Waals surface area (Å²) in [5.74, 6) is -0.711. The van der Waals surface area contributed by atoms with Gasteiger partial charge in [-0.3, -0.25) is 0 Å². The molecule has 2 unspecified atom stereocenters. The summed E-state index contributed by atoms with van der Waals surface area (Å²) < 4.78 is 27.3. The highest BCUT2D eigenvalue weighted by molar-refractivity contribution is 7.82. The van der Waals surface area contributed by atoms with E-state index in [4.69, 9.17) is 10.4 Å². The van der Waals surface area contributed by atoms with Gasteiger partial charge >= 0.3 is 0 Å². The molecule has 102 valence electrons. The number of halogens is 1. The molecule has 0 saturated carbocycles. The molecule has 0 radical (unpaired) electrons. The Labute approximate surface area is 112 Å². The summed E-state index contributed by atoms with van der Waals surface area (Å²) in [5.41, 5.74) is -1.12. The maximum Gasteiger partial charge on any atom is 0.142 e. The van der Waals surface area contributed by atoms with E-state index in [-0.39, 0.29) is 23.4 Å². The topological polar surface area (TPSA) is 84.6 Å². The molecule has 1 heterocycles. The van der Waals surface area contributed by atoms with Gasteiger partial charge in [-0.25, -0.2) is 12.9 Å². The SMILES string of the molecule is N#Cc1ccc(S(=O)N2CCC(O)(CO)C2)c(F)c1. The van der Waals surface area contributed by atoms with Crippen LogP contribution >= 0.6 is 0 Å². The molecule has 1 fully saturated rings. The van der Waals surface area contributed by atoms with Crippen molar-refractivity contribution in [2.75, 3.05) is 19.7 Å². The summed E-state index contributed by atoms with van der Waals surface area (Å²) in [6.45, 7) is -0.0881. The number of nitrogens with zero attached hydrogens (tertiary/aromatic N) is 2. The maximum absolute atomic E-state index is 13.7. The van der Waals surface area contributed by atoms with Crippen molar-refractivity contribution in [3.63, 3.8) is 0 Å². The predicted molar refractivity (Wildman–Crippen MR) is 65.7 cm³/mol. The largest absolute Gasteiger partial charge is 0.393 e. The molecule has 0 bridgehead atoms. The van der Waals surface area contributed by atoms with Crippen molar-refractivity contribution in [2.24, 2.45) is 0 Å². The van der Waals surface area contributed by atoms with Gasteiger partial charge in [-0.05, 0) is 24.6 Å². The molecule has 7 heteroatoms. The van der Waals surface area contributed by atoms with Gasteiger partial charge in [0.1, 0.15) is 22.4 Å². The highest BCUT2D eigenvalue weighted by Gasteiger charge is 2.38. The summed E-state index contributed by atoms with van der Waals surface area (Å²) in [5, 5.41) is 27.5. The molecule has 1 saturated heterocycles. The van der Waals surface area contributed by atoms with Crippen molar-refractivity contribution in [1.82, 2.24) is 4.31 Å². The molecular weight excluding hydrogens is 271 g/mol. The van der Waals surface area contributed by atoms with Crippen LogP contribution in [0.5, 0.6) is 0 Å². The minimum Gasteiger partial charge on any atom is -0.393 e. The van der Waals surface area contributed by atoms with Gasteiger partial charge < -0.3 is 10.2 Å². The summed E-state index contributed by atoms with van der Waals surface area (Å²) in [6.07, 6.45) is 0.285. The van der Waals surface area contributed by atoms with E-state index in [1.165, 1.54) is 16.4 Å². The van der Waals surface area contributed by atoms with Crippen LogP contribution in [-0.4, -0.2) is 44.0 Å². The van der Waals surface area contributed by atoms with Gasteiger partial charge in [-0.1, -0.05) is 0 Å². The number of β-amino-alcohol motifs (C(OH)–C–C–N with tert-alkyl or cyclic N) is 1. The Bertz CT molecular complexity index is 560. The lowest BCUT2D eigenvalue weighted by atomic mass is 10.1. The van der Waals surface area contributed by atoms with E-state index < -0.39 is 29.0 Å². The van der Waals surface area contributed by atoms with Gasteiger partial charge in [0.05, 0.1) is 23.1 Å². The highest BCUT2D eigenvalue weighted by Crippen LogP contribution is 2.25. The van der Waals surface area contributed by atoms with Crippen LogP contribution in [0.15, 0.2) is 23.1 Å². The molecule has 19 heavy (non-hydrogen) atoms. The minimum absolute atomic E-state index is 0.0234. The molecule has 1 aromatic carbocycles. The number of nitriles is 1. The fraction of sp³-hybridized carbons (Fsp3) is 0.417. The molecule has 1 aliphatic rings. The number of aliphatic hydroxyl groups is 2. The summed E-state index contributed by atoms with van der Waals surface area (Å²) in [4.78, 5) is -0.0267. The van der Waals surface area contributed by atoms with Crippen molar-refractivity contribution >= 4 is 11.0 Å². The highest BCUT2D eigenvalue weighted by atomic mass is 32.2. The van der Waals surface area contributed by atoms with Gasteiger partial charge in [-0.15, -0.1) is 0 Å². The lowest BCUT2D eigenvalue weighted by Crippen LogP contribution is -2.37. The maximum atomic E-state index is 13.7. The number of benzene rings is 1. The average molecular weight is 284 g/mol. The second-order valence-corrected chi connectivity index (χ2v) is 5.96. The fourth-order valence-electron chi connectivity index (χ4n) is 1.94. The first-order valence-electron chi connectivity index (χ1n) is 5.69. The zero-order valence-electron chi connectivity index (χ0n) is 10.0. The molecule has 5 nitrogen and oxygen atoms in total. The standard InChI is InChI=1S/C12H13FN2O3S/c13-10-5-9(6-14)1-2-11(10)19(18)15-4-3-12(17,7-15)8-16/h1-2,5,16-17H,3-4,7-8H2. The fourth-order valence-corrected chi connectivity index (χ4v) is 3.24. The molecule has 1 aliphatic heterocycles. The van der Waals surface area contributed by atoms with E-state index in [2.05, 4.69) is 0 Å². The Morgan fingerprint density at radius 1 is 1.58 bits per heavy atom. The molecule has 0 aliphatic carbocycles. The number of hydrogen-bond acceptors (Lipinski definition) is 4. The van der Waals surface area contributed by atoms with Crippen LogP contribution in [0.2, 0.25) is 0 Å². The monoisotopic (exact) mass is 284 g/mol. The molecule has 2 N–H and O–H groups in total. The quantitative estimate of drug-likeness (QED) is 0.827. The van der Waals surface area contributed by atoms with E-state index in [1.807, 2.05) is 0 Å². The van der Waals surface area contributed by atoms with E-state index in [1.54, 1.807) is 6.07 Å². The smallest absolute Gasteiger partial charge is 0.142 e. The van der Waals surface area contributed by atoms with E-state index in [0.29, 0.717) is 6.54 Å². The van der Waals surface area contributed by atoms with Crippen LogP contribution in [0.1, 0.15) is 12.0 Å². The molecule has 0 spiro atoms. The lowest BCUT2D eigenvalue weighted by molar-refractivity contribution is -0.000510. The van der Waals surface area contributed by atoms with Crippen LogP contribution in [0.25, 0.3) is 0 Å². The third kappa shape index (κ3) is 2.82. The third-order valence-electron chi connectivity index (χ3n) is 3.08. The van der Waals surface area contributed by atoms with Gasteiger partial charge in [0, 0.05) is 13.1 Å². The summed E-state index contributed by atoms with van der Waals surface area (Å²) >= 11 is 0. The Hall–Kier alpha value is -1.33. The first-order chi connectivity index (χ1) is 8.99. The zero-order valence-corrected chi connectivity index (χ0v) is 10.9. The van der Waals surface area contributed by atoms with Crippen molar-refractivity contribution in [2.45, 2.75) is 16.9 Å². The van der Waals surface area contributed by atoms with E-state index in [0.717, 1.165) is 6.07 Å².